The van der Waals surface area contributed by atoms with E-state index in [0.29, 0.717) is 42.3 Å². The number of aromatic nitrogens is 2. The molecule has 0 bridgehead atoms. The van der Waals surface area contributed by atoms with Crippen molar-refractivity contribution in [1.82, 2.24) is 19.8 Å². The summed E-state index contributed by atoms with van der Waals surface area (Å²) >= 11 is 0. The first-order valence-electron chi connectivity index (χ1n) is 10.5. The maximum absolute atomic E-state index is 13.1. The van der Waals surface area contributed by atoms with Gasteiger partial charge in [-0.05, 0) is 43.2 Å². The third-order valence-corrected chi connectivity index (χ3v) is 7.38. The lowest BCUT2D eigenvalue weighted by molar-refractivity contribution is -0.126. The summed E-state index contributed by atoms with van der Waals surface area (Å²) in [7, 11) is -0.744. The Hall–Kier alpha value is -3.31. The molecular formula is C22H26N4O6S. The van der Waals surface area contributed by atoms with Gasteiger partial charge in [-0.3, -0.25) is 9.89 Å². The highest BCUT2D eigenvalue weighted by molar-refractivity contribution is 7.89. The zero-order valence-electron chi connectivity index (χ0n) is 18.4. The molecule has 1 fully saturated rings. The molecule has 2 aromatic heterocycles. The van der Waals surface area contributed by atoms with Crippen LogP contribution in [0.2, 0.25) is 0 Å². The molecule has 33 heavy (non-hydrogen) atoms. The predicted octanol–water partition coefficient (Wildman–Crippen LogP) is 2.40. The van der Waals surface area contributed by atoms with E-state index in [1.807, 2.05) is 6.07 Å². The average molecular weight is 475 g/mol. The number of amides is 1. The second-order valence-electron chi connectivity index (χ2n) is 7.69. The molecule has 1 saturated heterocycles. The third kappa shape index (κ3) is 4.88. The van der Waals surface area contributed by atoms with E-state index >= 15 is 0 Å². The fraction of sp³-hybridized carbons (Fsp3) is 0.364. The summed E-state index contributed by atoms with van der Waals surface area (Å²) in [5, 5.41) is 9.33. The van der Waals surface area contributed by atoms with Crippen LogP contribution in [-0.2, 0) is 21.4 Å². The fourth-order valence-corrected chi connectivity index (χ4v) is 5.26. The van der Waals surface area contributed by atoms with Gasteiger partial charge in [0.15, 0.2) is 5.76 Å². The molecular weight excluding hydrogens is 448 g/mol. The molecule has 176 valence electrons. The lowest BCUT2D eigenvalue weighted by Crippen LogP contribution is -2.45. The predicted molar refractivity (Wildman–Crippen MR) is 119 cm³/mol. The van der Waals surface area contributed by atoms with Crippen molar-refractivity contribution in [3.05, 3.63) is 48.2 Å². The zero-order chi connectivity index (χ0) is 23.4. The number of benzene rings is 1. The number of piperidine rings is 1. The van der Waals surface area contributed by atoms with Gasteiger partial charge in [0, 0.05) is 37.5 Å². The molecule has 2 N–H and O–H groups in total. The molecule has 1 aliphatic rings. The summed E-state index contributed by atoms with van der Waals surface area (Å²) in [5.74, 6) is 0.980. The van der Waals surface area contributed by atoms with Crippen molar-refractivity contribution >= 4 is 15.9 Å². The van der Waals surface area contributed by atoms with Gasteiger partial charge in [0.2, 0.25) is 11.0 Å². The summed E-state index contributed by atoms with van der Waals surface area (Å²) in [6, 6.07) is 10.1. The van der Waals surface area contributed by atoms with Gasteiger partial charge < -0.3 is 19.2 Å². The molecule has 3 heterocycles. The summed E-state index contributed by atoms with van der Waals surface area (Å²) in [6.45, 7) is 0.688. The Bertz CT molecular complexity index is 1210. The van der Waals surface area contributed by atoms with E-state index in [1.54, 1.807) is 44.7 Å². The maximum atomic E-state index is 13.1. The lowest BCUT2D eigenvalue weighted by Gasteiger charge is -2.30. The standard InChI is InChI=1S/C22H26N4O6S/c1-30-17-6-5-15(20(12-17)31-2)13-23-22(27)16-4-3-11-26(14-16)33(28,29)21-8-7-19(32-21)18-9-10-24-25-18/h5-10,12,16H,3-4,11,13-14H2,1-2H3,(H,23,27)(H,24,25)/t16-/m0/s1. The topological polar surface area (TPSA) is 127 Å². The Kier molecular flexibility index (Phi) is 6.70. The van der Waals surface area contributed by atoms with Gasteiger partial charge >= 0.3 is 0 Å². The minimum atomic E-state index is -3.87. The highest BCUT2D eigenvalue weighted by atomic mass is 32.2. The molecule has 4 rings (SSSR count). The molecule has 0 spiro atoms. The number of ether oxygens (including phenoxy) is 2. The number of hydrogen-bond donors (Lipinski definition) is 2. The summed E-state index contributed by atoms with van der Waals surface area (Å²) in [5.41, 5.74) is 1.38. The number of carbonyl (C=O) groups excluding carboxylic acids is 1. The minimum absolute atomic E-state index is 0.0913. The zero-order valence-corrected chi connectivity index (χ0v) is 19.2. The number of nitrogens with one attached hydrogen (secondary N) is 2. The van der Waals surface area contributed by atoms with E-state index in [1.165, 1.54) is 10.4 Å². The number of nitrogens with zero attached hydrogens (tertiary/aromatic N) is 2. The average Bonchev–Trinajstić information content (AvgIpc) is 3.55. The number of methoxy groups -OCH3 is 2. The Labute approximate surface area is 191 Å². The number of hydrogen-bond acceptors (Lipinski definition) is 7. The van der Waals surface area contributed by atoms with Crippen LogP contribution in [0.4, 0.5) is 0 Å². The smallest absolute Gasteiger partial charge is 0.276 e. The largest absolute Gasteiger partial charge is 0.497 e. The molecule has 0 unspecified atom stereocenters. The van der Waals surface area contributed by atoms with Crippen molar-refractivity contribution in [2.75, 3.05) is 27.3 Å². The molecule has 0 aliphatic carbocycles. The molecule has 1 aromatic carbocycles. The summed E-state index contributed by atoms with van der Waals surface area (Å²) in [4.78, 5) is 12.8. The van der Waals surface area contributed by atoms with Crippen LogP contribution in [-0.4, -0.2) is 56.1 Å². The number of furan rings is 1. The lowest BCUT2D eigenvalue weighted by atomic mass is 9.98. The van der Waals surface area contributed by atoms with Crippen LogP contribution in [0.5, 0.6) is 11.5 Å². The molecule has 0 saturated carbocycles. The Morgan fingerprint density at radius 1 is 1.24 bits per heavy atom. The fourth-order valence-electron chi connectivity index (χ4n) is 3.82. The summed E-state index contributed by atoms with van der Waals surface area (Å²) < 4.78 is 43.7. The van der Waals surface area contributed by atoms with Crippen molar-refractivity contribution in [1.29, 1.82) is 0 Å². The van der Waals surface area contributed by atoms with Crippen molar-refractivity contribution in [2.45, 2.75) is 24.5 Å². The van der Waals surface area contributed by atoms with Crippen molar-refractivity contribution in [3.8, 4) is 23.0 Å². The minimum Gasteiger partial charge on any atom is -0.497 e. The normalized spacial score (nSPS) is 17.0. The number of H-pyrrole nitrogens is 1. The first kappa shape index (κ1) is 22.9. The number of carbonyl (C=O) groups is 1. The van der Waals surface area contributed by atoms with Crippen LogP contribution in [0.15, 0.2) is 52.1 Å². The molecule has 1 atom stereocenters. The van der Waals surface area contributed by atoms with Crippen LogP contribution < -0.4 is 14.8 Å². The van der Waals surface area contributed by atoms with Crippen LogP contribution in [0.25, 0.3) is 11.5 Å². The second kappa shape index (κ2) is 9.67. The first-order chi connectivity index (χ1) is 15.9. The third-order valence-electron chi connectivity index (χ3n) is 5.64. The Morgan fingerprint density at radius 2 is 2.09 bits per heavy atom. The van der Waals surface area contributed by atoms with Crippen molar-refractivity contribution in [2.24, 2.45) is 5.92 Å². The molecule has 11 heteroatoms. The van der Waals surface area contributed by atoms with E-state index < -0.39 is 15.9 Å². The van der Waals surface area contributed by atoms with E-state index in [4.69, 9.17) is 13.9 Å². The molecule has 1 amide bonds. The van der Waals surface area contributed by atoms with Crippen molar-refractivity contribution in [3.63, 3.8) is 0 Å². The quantitative estimate of drug-likeness (QED) is 0.513. The molecule has 10 nitrogen and oxygen atoms in total. The number of rotatable bonds is 8. The SMILES string of the molecule is COc1ccc(CNC(=O)[C@H]2CCCN(S(=O)(=O)c3ccc(-c4ccn[nH]4)o3)C2)c(OC)c1. The van der Waals surface area contributed by atoms with Crippen LogP contribution in [0.1, 0.15) is 18.4 Å². The number of aromatic amines is 1. The van der Waals surface area contributed by atoms with E-state index in [2.05, 4.69) is 15.5 Å². The monoisotopic (exact) mass is 474 g/mol. The summed E-state index contributed by atoms with van der Waals surface area (Å²) in [6.07, 6.45) is 2.74. The Morgan fingerprint density at radius 3 is 2.82 bits per heavy atom. The highest BCUT2D eigenvalue weighted by Gasteiger charge is 2.35. The second-order valence-corrected chi connectivity index (χ2v) is 9.56. The van der Waals surface area contributed by atoms with Gasteiger partial charge in [0.25, 0.3) is 10.0 Å². The van der Waals surface area contributed by atoms with Gasteiger partial charge in [-0.25, -0.2) is 8.42 Å². The van der Waals surface area contributed by atoms with E-state index in [-0.39, 0.29) is 24.1 Å². The van der Waals surface area contributed by atoms with Gasteiger partial charge in [-0.1, -0.05) is 0 Å². The molecule has 3 aromatic rings. The molecule has 0 radical (unpaired) electrons. The number of sulfonamides is 1. The van der Waals surface area contributed by atoms with Crippen molar-refractivity contribution < 1.29 is 27.1 Å². The molecule has 1 aliphatic heterocycles. The highest BCUT2D eigenvalue weighted by Crippen LogP contribution is 2.29. The maximum Gasteiger partial charge on any atom is 0.276 e. The van der Waals surface area contributed by atoms with Crippen LogP contribution in [0.3, 0.4) is 0 Å². The van der Waals surface area contributed by atoms with Crippen LogP contribution in [0, 0.1) is 5.92 Å². The first-order valence-corrected chi connectivity index (χ1v) is 11.9. The van der Waals surface area contributed by atoms with Gasteiger partial charge in [-0.15, -0.1) is 0 Å². The van der Waals surface area contributed by atoms with Gasteiger partial charge in [0.05, 0.1) is 20.1 Å². The van der Waals surface area contributed by atoms with Crippen LogP contribution >= 0.6 is 0 Å². The van der Waals surface area contributed by atoms with E-state index in [9.17, 15) is 13.2 Å². The van der Waals surface area contributed by atoms with Gasteiger partial charge in [-0.2, -0.15) is 9.40 Å². The Balaban J connectivity index is 1.41. The van der Waals surface area contributed by atoms with E-state index in [0.717, 1.165) is 5.56 Å². The van der Waals surface area contributed by atoms with Gasteiger partial charge in [0.1, 0.15) is 17.2 Å².